The van der Waals surface area contributed by atoms with E-state index in [-0.39, 0.29) is 11.9 Å². The Kier molecular flexibility index (Phi) is 5.95. The van der Waals surface area contributed by atoms with E-state index < -0.39 is 9.05 Å². The summed E-state index contributed by atoms with van der Waals surface area (Å²) in [5.41, 5.74) is 1.12. The standard InChI is InChI=1S/C12H17ClO3S/c1-11(12-7-3-2-4-8-12)16-9-5-6-10-17(13,14)15/h2-4,7-8,11H,5-6,9-10H2,1H3. The first-order chi connectivity index (χ1) is 7.99. The van der Waals surface area contributed by atoms with E-state index in [0.717, 1.165) is 5.56 Å². The van der Waals surface area contributed by atoms with Gasteiger partial charge in [-0.25, -0.2) is 8.42 Å². The van der Waals surface area contributed by atoms with Crippen molar-refractivity contribution < 1.29 is 13.2 Å². The van der Waals surface area contributed by atoms with E-state index in [1.807, 2.05) is 37.3 Å². The summed E-state index contributed by atoms with van der Waals surface area (Å²) in [5.74, 6) is 0.0115. The molecule has 1 aromatic rings. The van der Waals surface area contributed by atoms with Crippen LogP contribution in [0.3, 0.4) is 0 Å². The maximum atomic E-state index is 10.7. The Balaban J connectivity index is 2.19. The van der Waals surface area contributed by atoms with Gasteiger partial charge >= 0.3 is 0 Å². The summed E-state index contributed by atoms with van der Waals surface area (Å²) in [4.78, 5) is 0. The first kappa shape index (κ1) is 14.5. The van der Waals surface area contributed by atoms with Crippen LogP contribution < -0.4 is 0 Å². The number of ether oxygens (including phenoxy) is 1. The summed E-state index contributed by atoms with van der Waals surface area (Å²) in [7, 11) is 1.74. The van der Waals surface area contributed by atoms with Crippen molar-refractivity contribution >= 4 is 19.7 Å². The molecule has 0 aliphatic rings. The van der Waals surface area contributed by atoms with Gasteiger partial charge in [0.05, 0.1) is 11.9 Å². The van der Waals surface area contributed by atoms with Gasteiger partial charge in [-0.2, -0.15) is 0 Å². The van der Waals surface area contributed by atoms with Crippen molar-refractivity contribution in [1.82, 2.24) is 0 Å². The first-order valence-electron chi connectivity index (χ1n) is 5.58. The lowest BCUT2D eigenvalue weighted by Crippen LogP contribution is -2.04. The van der Waals surface area contributed by atoms with Crippen molar-refractivity contribution in [3.8, 4) is 0 Å². The molecule has 0 fully saturated rings. The number of unbranched alkanes of at least 4 members (excludes halogenated alkanes) is 1. The van der Waals surface area contributed by atoms with Crippen molar-refractivity contribution in [3.63, 3.8) is 0 Å². The molecule has 96 valence electrons. The maximum Gasteiger partial charge on any atom is 0.232 e. The summed E-state index contributed by atoms with van der Waals surface area (Å²) < 4.78 is 27.0. The molecule has 0 bridgehead atoms. The molecule has 0 N–H and O–H groups in total. The molecule has 0 spiro atoms. The predicted octanol–water partition coefficient (Wildman–Crippen LogP) is 3.11. The topological polar surface area (TPSA) is 43.4 Å². The molecule has 5 heteroatoms. The van der Waals surface area contributed by atoms with Crippen LogP contribution in [0.5, 0.6) is 0 Å². The Hall–Kier alpha value is -0.580. The predicted molar refractivity (Wildman–Crippen MR) is 69.7 cm³/mol. The second kappa shape index (κ2) is 6.99. The molecule has 0 heterocycles. The Morgan fingerprint density at radius 2 is 1.88 bits per heavy atom. The number of benzene rings is 1. The molecule has 0 aliphatic heterocycles. The van der Waals surface area contributed by atoms with Gasteiger partial charge in [-0.1, -0.05) is 30.3 Å². The molecule has 0 aromatic heterocycles. The average Bonchev–Trinajstić information content (AvgIpc) is 2.28. The van der Waals surface area contributed by atoms with Crippen molar-refractivity contribution in [2.24, 2.45) is 0 Å². The van der Waals surface area contributed by atoms with E-state index in [1.165, 1.54) is 0 Å². The van der Waals surface area contributed by atoms with Crippen LogP contribution in [-0.4, -0.2) is 20.8 Å². The number of hydrogen-bond acceptors (Lipinski definition) is 3. The van der Waals surface area contributed by atoms with Crippen LogP contribution >= 0.6 is 10.7 Å². The van der Waals surface area contributed by atoms with Crippen molar-refractivity contribution in [2.75, 3.05) is 12.4 Å². The Labute approximate surface area is 107 Å². The van der Waals surface area contributed by atoms with Gasteiger partial charge in [0.1, 0.15) is 0 Å². The zero-order valence-electron chi connectivity index (χ0n) is 9.80. The third-order valence-electron chi connectivity index (χ3n) is 2.42. The monoisotopic (exact) mass is 276 g/mol. The summed E-state index contributed by atoms with van der Waals surface area (Å²) in [6.07, 6.45) is 1.26. The summed E-state index contributed by atoms with van der Waals surface area (Å²) in [6, 6.07) is 9.91. The average molecular weight is 277 g/mol. The minimum atomic E-state index is -3.36. The highest BCUT2D eigenvalue weighted by Crippen LogP contribution is 2.16. The molecular weight excluding hydrogens is 260 g/mol. The molecule has 0 radical (unpaired) electrons. The van der Waals surface area contributed by atoms with E-state index in [4.69, 9.17) is 15.4 Å². The first-order valence-corrected chi connectivity index (χ1v) is 8.06. The molecule has 1 rings (SSSR count). The lowest BCUT2D eigenvalue weighted by atomic mass is 10.1. The zero-order valence-corrected chi connectivity index (χ0v) is 11.4. The SMILES string of the molecule is CC(OCCCCS(=O)(=O)Cl)c1ccccc1. The molecule has 0 saturated carbocycles. The lowest BCUT2D eigenvalue weighted by Gasteiger charge is -2.12. The molecule has 1 unspecified atom stereocenters. The highest BCUT2D eigenvalue weighted by atomic mass is 35.7. The number of halogens is 1. The smallest absolute Gasteiger partial charge is 0.232 e. The van der Waals surface area contributed by atoms with Gasteiger partial charge in [0.15, 0.2) is 0 Å². The van der Waals surface area contributed by atoms with E-state index >= 15 is 0 Å². The summed E-state index contributed by atoms with van der Waals surface area (Å²) in [5, 5.41) is 0. The molecule has 0 saturated heterocycles. The highest BCUT2D eigenvalue weighted by Gasteiger charge is 2.06. The van der Waals surface area contributed by atoms with Gasteiger partial charge in [-0.3, -0.25) is 0 Å². The lowest BCUT2D eigenvalue weighted by molar-refractivity contribution is 0.0638. The van der Waals surface area contributed by atoms with Crippen LogP contribution in [-0.2, 0) is 13.8 Å². The Morgan fingerprint density at radius 1 is 1.24 bits per heavy atom. The Morgan fingerprint density at radius 3 is 2.47 bits per heavy atom. The minimum Gasteiger partial charge on any atom is -0.374 e. The van der Waals surface area contributed by atoms with Gasteiger partial charge in [-0.15, -0.1) is 0 Å². The van der Waals surface area contributed by atoms with Gasteiger partial charge in [0.25, 0.3) is 0 Å². The van der Waals surface area contributed by atoms with Crippen LogP contribution in [0.4, 0.5) is 0 Å². The number of hydrogen-bond donors (Lipinski definition) is 0. The molecule has 0 amide bonds. The normalized spacial score (nSPS) is 13.5. The van der Waals surface area contributed by atoms with Crippen molar-refractivity contribution in [3.05, 3.63) is 35.9 Å². The van der Waals surface area contributed by atoms with Crippen LogP contribution in [0.15, 0.2) is 30.3 Å². The molecule has 1 atom stereocenters. The molecule has 3 nitrogen and oxygen atoms in total. The highest BCUT2D eigenvalue weighted by molar-refractivity contribution is 8.13. The largest absolute Gasteiger partial charge is 0.374 e. The second-order valence-electron chi connectivity index (χ2n) is 3.87. The summed E-state index contributed by atoms with van der Waals surface area (Å²) >= 11 is 0. The maximum absolute atomic E-state index is 10.7. The summed E-state index contributed by atoms with van der Waals surface area (Å²) in [6.45, 7) is 2.52. The van der Waals surface area contributed by atoms with E-state index in [0.29, 0.717) is 19.4 Å². The van der Waals surface area contributed by atoms with Gasteiger partial charge in [0.2, 0.25) is 9.05 Å². The zero-order chi connectivity index (χ0) is 12.7. The molecule has 17 heavy (non-hydrogen) atoms. The van der Waals surface area contributed by atoms with E-state index in [1.54, 1.807) is 0 Å². The van der Waals surface area contributed by atoms with Crippen molar-refractivity contribution in [2.45, 2.75) is 25.9 Å². The minimum absolute atomic E-state index is 0.0115. The van der Waals surface area contributed by atoms with Gasteiger partial charge in [0, 0.05) is 17.3 Å². The Bertz CT molecular complexity index is 417. The number of rotatable bonds is 7. The van der Waals surface area contributed by atoms with Gasteiger partial charge in [-0.05, 0) is 25.3 Å². The van der Waals surface area contributed by atoms with Crippen LogP contribution in [0, 0.1) is 0 Å². The second-order valence-corrected chi connectivity index (χ2v) is 6.77. The molecule has 0 aliphatic carbocycles. The van der Waals surface area contributed by atoms with Gasteiger partial charge < -0.3 is 4.74 Å². The quantitative estimate of drug-likeness (QED) is 0.568. The van der Waals surface area contributed by atoms with Crippen molar-refractivity contribution in [1.29, 1.82) is 0 Å². The fourth-order valence-electron chi connectivity index (χ4n) is 1.46. The van der Waals surface area contributed by atoms with E-state index in [9.17, 15) is 8.42 Å². The molecular formula is C12H17ClO3S. The molecule has 1 aromatic carbocycles. The van der Waals surface area contributed by atoms with Crippen LogP contribution in [0.1, 0.15) is 31.4 Å². The third-order valence-corrected chi connectivity index (χ3v) is 3.66. The van der Waals surface area contributed by atoms with E-state index in [2.05, 4.69) is 0 Å². The fraction of sp³-hybridized carbons (Fsp3) is 0.500. The fourth-order valence-corrected chi connectivity index (χ4v) is 2.33. The third kappa shape index (κ3) is 6.66. The van der Waals surface area contributed by atoms with Crippen LogP contribution in [0.2, 0.25) is 0 Å². The van der Waals surface area contributed by atoms with Crippen LogP contribution in [0.25, 0.3) is 0 Å².